The van der Waals surface area contributed by atoms with E-state index in [1.54, 1.807) is 6.07 Å². The number of benzene rings is 2. The topological polar surface area (TPSA) is 96.3 Å². The minimum Gasteiger partial charge on any atom is -0.454 e. The van der Waals surface area contributed by atoms with Crippen LogP contribution < -0.4 is 5.32 Å². The van der Waals surface area contributed by atoms with E-state index in [1.165, 1.54) is 42.5 Å². The number of rotatable bonds is 6. The lowest BCUT2D eigenvalue weighted by Gasteiger charge is -2.06. The van der Waals surface area contributed by atoms with Crippen molar-refractivity contribution in [2.75, 3.05) is 11.9 Å². The molecule has 0 aromatic heterocycles. The molecule has 7 heteroatoms. The summed E-state index contributed by atoms with van der Waals surface area (Å²) in [5.74, 6) is -2.25. The first-order valence-electron chi connectivity index (χ1n) is 7.22. The van der Waals surface area contributed by atoms with Gasteiger partial charge >= 0.3 is 5.97 Å². The van der Waals surface area contributed by atoms with Crippen LogP contribution in [0.25, 0.3) is 0 Å². The highest BCUT2D eigenvalue weighted by Gasteiger charge is 2.12. The number of amides is 1. The van der Waals surface area contributed by atoms with E-state index in [2.05, 4.69) is 5.32 Å². The molecule has 1 amide bonds. The van der Waals surface area contributed by atoms with Gasteiger partial charge in [-0.3, -0.25) is 9.59 Å². The van der Waals surface area contributed by atoms with Gasteiger partial charge in [-0.1, -0.05) is 12.1 Å². The smallest absolute Gasteiger partial charge is 0.338 e. The second kappa shape index (κ2) is 8.36. The maximum absolute atomic E-state index is 13.1. The first-order chi connectivity index (χ1) is 12.0. The highest BCUT2D eigenvalue weighted by molar-refractivity contribution is 5.99. The van der Waals surface area contributed by atoms with Gasteiger partial charge in [-0.15, -0.1) is 0 Å². The van der Waals surface area contributed by atoms with Crippen molar-refractivity contribution in [3.63, 3.8) is 0 Å². The molecule has 0 fully saturated rings. The summed E-state index contributed by atoms with van der Waals surface area (Å²) in [4.78, 5) is 35.0. The van der Waals surface area contributed by atoms with Gasteiger partial charge in [-0.25, -0.2) is 9.18 Å². The summed E-state index contributed by atoms with van der Waals surface area (Å²) in [5, 5.41) is 10.9. The molecule has 6 nitrogen and oxygen atoms in total. The Labute approximate surface area is 142 Å². The number of esters is 1. The standard InChI is InChI=1S/C18H13FN2O4/c19-14-3-1-2-13(10-14)16(22)11-25-18(24)12-4-6-15(7-5-12)21-17(23)8-9-20/h1-7,10H,8,11H2,(H,21,23). The number of ether oxygens (including phenoxy) is 1. The van der Waals surface area contributed by atoms with Crippen LogP contribution in [0, 0.1) is 17.1 Å². The molecular formula is C18H13FN2O4. The number of halogens is 1. The number of Topliss-reactive ketones (excluding diaryl/α,β-unsaturated/α-hetero) is 1. The van der Waals surface area contributed by atoms with E-state index < -0.39 is 30.1 Å². The summed E-state index contributed by atoms with van der Waals surface area (Å²) in [6, 6.07) is 12.6. The molecule has 126 valence electrons. The van der Waals surface area contributed by atoms with Crippen molar-refractivity contribution in [1.82, 2.24) is 0 Å². The number of nitrogens with zero attached hydrogens (tertiary/aromatic N) is 1. The fourth-order valence-electron chi connectivity index (χ4n) is 1.93. The SMILES string of the molecule is N#CCC(=O)Nc1ccc(C(=O)OCC(=O)c2cccc(F)c2)cc1. The molecule has 0 bridgehead atoms. The maximum Gasteiger partial charge on any atom is 0.338 e. The molecule has 0 aliphatic carbocycles. The molecule has 1 N–H and O–H groups in total. The Bertz CT molecular complexity index is 841. The molecule has 2 aromatic carbocycles. The van der Waals surface area contributed by atoms with Crippen LogP contribution in [-0.4, -0.2) is 24.3 Å². The van der Waals surface area contributed by atoms with Crippen LogP contribution in [0.2, 0.25) is 0 Å². The Balaban J connectivity index is 1.91. The number of nitrogens with one attached hydrogen (secondary N) is 1. The molecule has 0 unspecified atom stereocenters. The van der Waals surface area contributed by atoms with Crippen molar-refractivity contribution in [2.45, 2.75) is 6.42 Å². The van der Waals surface area contributed by atoms with Crippen LogP contribution in [-0.2, 0) is 9.53 Å². The summed E-state index contributed by atoms with van der Waals surface area (Å²) in [6.45, 7) is -0.511. The van der Waals surface area contributed by atoms with Crippen LogP contribution in [0.5, 0.6) is 0 Å². The molecule has 0 atom stereocenters. The summed E-state index contributed by atoms with van der Waals surface area (Å²) in [7, 11) is 0. The predicted octanol–water partition coefficient (Wildman–Crippen LogP) is 2.72. The molecule has 0 saturated heterocycles. The van der Waals surface area contributed by atoms with Crippen LogP contribution in [0.3, 0.4) is 0 Å². The van der Waals surface area contributed by atoms with Gasteiger partial charge in [0.05, 0.1) is 11.6 Å². The van der Waals surface area contributed by atoms with Crippen molar-refractivity contribution < 1.29 is 23.5 Å². The average Bonchev–Trinajstić information content (AvgIpc) is 2.60. The van der Waals surface area contributed by atoms with Crippen molar-refractivity contribution in [2.24, 2.45) is 0 Å². The molecule has 0 aliphatic rings. The number of anilines is 1. The second-order valence-electron chi connectivity index (χ2n) is 4.97. The summed E-state index contributed by atoms with van der Waals surface area (Å²) in [5.41, 5.74) is 0.723. The predicted molar refractivity (Wildman–Crippen MR) is 86.3 cm³/mol. The van der Waals surface area contributed by atoms with Crippen LogP contribution in [0.1, 0.15) is 27.1 Å². The Kier molecular flexibility index (Phi) is 5.96. The molecule has 0 spiro atoms. The first kappa shape index (κ1) is 17.8. The zero-order valence-electron chi connectivity index (χ0n) is 13.0. The Morgan fingerprint density at radius 2 is 1.80 bits per heavy atom. The number of hydrogen-bond donors (Lipinski definition) is 1. The Morgan fingerprint density at radius 1 is 1.08 bits per heavy atom. The van der Waals surface area contributed by atoms with Crippen LogP contribution in [0.15, 0.2) is 48.5 Å². The van der Waals surface area contributed by atoms with E-state index >= 15 is 0 Å². The van der Waals surface area contributed by atoms with Gasteiger partial charge in [-0.2, -0.15) is 5.26 Å². The quantitative estimate of drug-likeness (QED) is 0.644. The third-order valence-corrected chi connectivity index (χ3v) is 3.12. The highest BCUT2D eigenvalue weighted by atomic mass is 19.1. The maximum atomic E-state index is 13.1. The van der Waals surface area contributed by atoms with Gasteiger partial charge in [0.15, 0.2) is 12.4 Å². The second-order valence-corrected chi connectivity index (χ2v) is 4.97. The molecule has 2 rings (SSSR count). The zero-order chi connectivity index (χ0) is 18.2. The normalized spacial score (nSPS) is 9.76. The molecule has 0 radical (unpaired) electrons. The fourth-order valence-corrected chi connectivity index (χ4v) is 1.93. The number of hydrogen-bond acceptors (Lipinski definition) is 5. The van der Waals surface area contributed by atoms with Gasteiger partial charge in [-0.05, 0) is 36.4 Å². The van der Waals surface area contributed by atoms with Gasteiger partial charge in [0, 0.05) is 11.3 Å². The third-order valence-electron chi connectivity index (χ3n) is 3.12. The fraction of sp³-hybridized carbons (Fsp3) is 0.111. The lowest BCUT2D eigenvalue weighted by atomic mass is 10.1. The number of carbonyl (C=O) groups is 3. The number of nitriles is 1. The van der Waals surface area contributed by atoms with Crippen LogP contribution >= 0.6 is 0 Å². The van der Waals surface area contributed by atoms with Gasteiger partial charge in [0.25, 0.3) is 0 Å². The molecule has 2 aromatic rings. The summed E-state index contributed by atoms with van der Waals surface area (Å²) < 4.78 is 18.0. The lowest BCUT2D eigenvalue weighted by molar-refractivity contribution is -0.115. The van der Waals surface area contributed by atoms with Gasteiger partial charge in [0.2, 0.25) is 5.91 Å². The monoisotopic (exact) mass is 340 g/mol. The lowest BCUT2D eigenvalue weighted by Crippen LogP contribution is -2.14. The summed E-state index contributed by atoms with van der Waals surface area (Å²) in [6.07, 6.45) is -0.272. The largest absolute Gasteiger partial charge is 0.454 e. The van der Waals surface area contributed by atoms with E-state index in [9.17, 15) is 18.8 Å². The van der Waals surface area contributed by atoms with Gasteiger partial charge in [0.1, 0.15) is 12.2 Å². The molecule has 0 saturated carbocycles. The third kappa shape index (κ3) is 5.25. The molecular weight excluding hydrogens is 327 g/mol. The van der Waals surface area contributed by atoms with Gasteiger partial charge < -0.3 is 10.1 Å². The number of carbonyl (C=O) groups excluding carboxylic acids is 3. The minimum atomic E-state index is -0.723. The molecule has 25 heavy (non-hydrogen) atoms. The van der Waals surface area contributed by atoms with E-state index in [1.807, 2.05) is 0 Å². The summed E-state index contributed by atoms with van der Waals surface area (Å²) >= 11 is 0. The Hall–Kier alpha value is -3.53. The van der Waals surface area contributed by atoms with Crippen LogP contribution in [0.4, 0.5) is 10.1 Å². The molecule has 0 heterocycles. The number of ketones is 1. The first-order valence-corrected chi connectivity index (χ1v) is 7.22. The Morgan fingerprint density at radius 3 is 2.44 bits per heavy atom. The van der Waals surface area contributed by atoms with E-state index in [4.69, 9.17) is 10.00 Å². The molecule has 0 aliphatic heterocycles. The van der Waals surface area contributed by atoms with Crippen molar-refractivity contribution in [3.8, 4) is 6.07 Å². The van der Waals surface area contributed by atoms with E-state index in [0.29, 0.717) is 5.69 Å². The zero-order valence-corrected chi connectivity index (χ0v) is 13.0. The van der Waals surface area contributed by atoms with Crippen molar-refractivity contribution in [1.29, 1.82) is 5.26 Å². The minimum absolute atomic E-state index is 0.114. The van der Waals surface area contributed by atoms with E-state index in [-0.39, 0.29) is 17.5 Å². The average molecular weight is 340 g/mol. The van der Waals surface area contributed by atoms with Crippen molar-refractivity contribution >= 4 is 23.3 Å². The van der Waals surface area contributed by atoms with Crippen molar-refractivity contribution in [3.05, 3.63) is 65.5 Å². The highest BCUT2D eigenvalue weighted by Crippen LogP contribution is 2.11. The van der Waals surface area contributed by atoms with E-state index in [0.717, 1.165) is 6.07 Å².